The topological polar surface area (TPSA) is 74.8 Å². The van der Waals surface area contributed by atoms with Gasteiger partial charge < -0.3 is 10.3 Å². The van der Waals surface area contributed by atoms with E-state index in [2.05, 4.69) is 15.3 Å². The number of carbonyl (C=O) groups excluding carboxylic acids is 1. The molecule has 2 heterocycles. The van der Waals surface area contributed by atoms with Crippen LogP contribution in [0, 0.1) is 18.6 Å². The fraction of sp³-hybridized carbons (Fsp3) is 0.250. The molecule has 3 aromatic rings. The van der Waals surface area contributed by atoms with E-state index in [4.69, 9.17) is 0 Å². The number of pyridine rings is 2. The third-order valence-electron chi connectivity index (χ3n) is 4.74. The van der Waals surface area contributed by atoms with E-state index in [0.717, 1.165) is 17.5 Å². The van der Waals surface area contributed by atoms with Gasteiger partial charge in [-0.2, -0.15) is 0 Å². The first-order valence-corrected chi connectivity index (χ1v) is 8.51. The molecule has 0 bridgehead atoms. The SMILES string of the molecule is Cc1c(C(C)C(=O)N[C@@H](C)c2ccc(F)cc2F)c(=O)[nH]c2ccncc12. The van der Waals surface area contributed by atoms with Gasteiger partial charge in [-0.25, -0.2) is 8.78 Å². The van der Waals surface area contributed by atoms with Crippen LogP contribution < -0.4 is 10.9 Å². The third kappa shape index (κ3) is 3.58. The highest BCUT2D eigenvalue weighted by Crippen LogP contribution is 2.24. The summed E-state index contributed by atoms with van der Waals surface area (Å²) >= 11 is 0. The van der Waals surface area contributed by atoms with Crippen molar-refractivity contribution in [2.75, 3.05) is 0 Å². The lowest BCUT2D eigenvalue weighted by atomic mass is 9.94. The zero-order valence-electron chi connectivity index (χ0n) is 15.1. The maximum Gasteiger partial charge on any atom is 0.252 e. The zero-order valence-corrected chi connectivity index (χ0v) is 15.1. The van der Waals surface area contributed by atoms with Gasteiger partial charge in [-0.1, -0.05) is 6.07 Å². The van der Waals surface area contributed by atoms with Crippen LogP contribution in [0.4, 0.5) is 8.78 Å². The van der Waals surface area contributed by atoms with Gasteiger partial charge in [-0.15, -0.1) is 0 Å². The molecule has 0 saturated carbocycles. The molecule has 0 aliphatic heterocycles. The van der Waals surface area contributed by atoms with Gasteiger partial charge in [-0.3, -0.25) is 14.6 Å². The van der Waals surface area contributed by atoms with Crippen molar-refractivity contribution in [2.45, 2.75) is 32.7 Å². The molecule has 2 N–H and O–H groups in total. The molecule has 7 heteroatoms. The second-order valence-corrected chi connectivity index (χ2v) is 6.53. The molecule has 1 unspecified atom stereocenters. The summed E-state index contributed by atoms with van der Waals surface area (Å²) in [5.41, 5.74) is 1.47. The Morgan fingerprint density at radius 2 is 1.96 bits per heavy atom. The predicted molar refractivity (Wildman–Crippen MR) is 98.4 cm³/mol. The fourth-order valence-corrected chi connectivity index (χ4v) is 3.23. The molecule has 27 heavy (non-hydrogen) atoms. The molecular formula is C20H19F2N3O2. The Balaban J connectivity index is 1.89. The highest BCUT2D eigenvalue weighted by atomic mass is 19.1. The minimum absolute atomic E-state index is 0.172. The minimum atomic E-state index is -0.760. The Morgan fingerprint density at radius 3 is 2.67 bits per heavy atom. The first-order chi connectivity index (χ1) is 12.8. The van der Waals surface area contributed by atoms with Crippen LogP contribution in [-0.4, -0.2) is 15.9 Å². The number of aryl methyl sites for hydroxylation is 1. The third-order valence-corrected chi connectivity index (χ3v) is 4.74. The average Bonchev–Trinajstić information content (AvgIpc) is 2.61. The lowest BCUT2D eigenvalue weighted by molar-refractivity contribution is -0.122. The molecule has 0 radical (unpaired) electrons. The molecule has 0 aliphatic carbocycles. The van der Waals surface area contributed by atoms with Gasteiger partial charge in [0.05, 0.1) is 17.5 Å². The van der Waals surface area contributed by atoms with Gasteiger partial charge in [0.1, 0.15) is 11.6 Å². The number of aromatic amines is 1. The van der Waals surface area contributed by atoms with Crippen LogP contribution >= 0.6 is 0 Å². The molecule has 3 rings (SSSR count). The Bertz CT molecular complexity index is 1080. The van der Waals surface area contributed by atoms with E-state index < -0.39 is 29.5 Å². The van der Waals surface area contributed by atoms with Crippen LogP contribution in [0.2, 0.25) is 0 Å². The minimum Gasteiger partial charge on any atom is -0.349 e. The van der Waals surface area contributed by atoms with E-state index in [1.807, 2.05) is 0 Å². The zero-order chi connectivity index (χ0) is 19.7. The number of nitrogens with zero attached hydrogens (tertiary/aromatic N) is 1. The molecule has 140 valence electrons. The van der Waals surface area contributed by atoms with Crippen molar-refractivity contribution in [2.24, 2.45) is 0 Å². The Labute approximate surface area is 154 Å². The van der Waals surface area contributed by atoms with E-state index >= 15 is 0 Å². The van der Waals surface area contributed by atoms with Crippen molar-refractivity contribution in [1.82, 2.24) is 15.3 Å². The molecule has 1 amide bonds. The number of benzene rings is 1. The number of carbonyl (C=O) groups is 1. The van der Waals surface area contributed by atoms with Crippen molar-refractivity contribution in [1.29, 1.82) is 0 Å². The van der Waals surface area contributed by atoms with Crippen molar-refractivity contribution in [3.63, 3.8) is 0 Å². The standard InChI is InChI=1S/C20H19F2N3O2/c1-10-15-9-23-7-6-17(15)25-20(27)18(10)11(2)19(26)24-12(3)14-5-4-13(21)8-16(14)22/h4-9,11-12H,1-3H3,(H,24,26)(H,25,27)/t11?,12-/m0/s1. The number of aromatic nitrogens is 2. The predicted octanol–water partition coefficient (Wildman–Crippen LogP) is 3.49. The highest BCUT2D eigenvalue weighted by Gasteiger charge is 2.24. The van der Waals surface area contributed by atoms with Gasteiger partial charge >= 0.3 is 0 Å². The largest absolute Gasteiger partial charge is 0.349 e. The summed E-state index contributed by atoms with van der Waals surface area (Å²) in [6, 6.07) is 4.21. The van der Waals surface area contributed by atoms with Crippen LogP contribution in [0.15, 0.2) is 41.5 Å². The summed E-state index contributed by atoms with van der Waals surface area (Å²) in [7, 11) is 0. The molecular weight excluding hydrogens is 352 g/mol. The van der Waals surface area contributed by atoms with Crippen molar-refractivity contribution in [3.8, 4) is 0 Å². The maximum absolute atomic E-state index is 13.9. The normalized spacial score (nSPS) is 13.4. The summed E-state index contributed by atoms with van der Waals surface area (Å²) in [6.07, 6.45) is 3.21. The summed E-state index contributed by atoms with van der Waals surface area (Å²) in [5.74, 6) is -2.61. The van der Waals surface area contributed by atoms with E-state index in [-0.39, 0.29) is 11.1 Å². The van der Waals surface area contributed by atoms with Gasteiger partial charge in [0.25, 0.3) is 5.56 Å². The van der Waals surface area contributed by atoms with Crippen LogP contribution in [-0.2, 0) is 4.79 Å². The molecule has 5 nitrogen and oxygen atoms in total. The van der Waals surface area contributed by atoms with Crippen LogP contribution in [0.5, 0.6) is 0 Å². The first-order valence-electron chi connectivity index (χ1n) is 8.51. The summed E-state index contributed by atoms with van der Waals surface area (Å²) in [4.78, 5) is 32.0. The molecule has 2 aromatic heterocycles. The summed E-state index contributed by atoms with van der Waals surface area (Å²) in [6.45, 7) is 4.98. The molecule has 0 aliphatic rings. The number of halogens is 2. The van der Waals surface area contributed by atoms with Crippen LogP contribution in [0.1, 0.15) is 42.5 Å². The highest BCUT2D eigenvalue weighted by molar-refractivity contribution is 5.87. The van der Waals surface area contributed by atoms with Crippen LogP contribution in [0.25, 0.3) is 10.9 Å². The van der Waals surface area contributed by atoms with Crippen molar-refractivity contribution < 1.29 is 13.6 Å². The second kappa shape index (κ2) is 7.26. The van der Waals surface area contributed by atoms with Gasteiger partial charge in [0.2, 0.25) is 5.91 Å². The Hall–Kier alpha value is -3.09. The van der Waals surface area contributed by atoms with Crippen LogP contribution in [0.3, 0.4) is 0 Å². The molecule has 0 spiro atoms. The molecule has 1 aromatic carbocycles. The first kappa shape index (κ1) is 18.7. The molecule has 0 saturated heterocycles. The van der Waals surface area contributed by atoms with E-state index in [9.17, 15) is 18.4 Å². The number of hydrogen-bond acceptors (Lipinski definition) is 3. The molecule has 0 fully saturated rings. The van der Waals surface area contributed by atoms with E-state index in [1.165, 1.54) is 6.07 Å². The Morgan fingerprint density at radius 1 is 1.22 bits per heavy atom. The number of amides is 1. The van der Waals surface area contributed by atoms with E-state index in [1.54, 1.807) is 39.2 Å². The smallest absolute Gasteiger partial charge is 0.252 e. The second-order valence-electron chi connectivity index (χ2n) is 6.53. The maximum atomic E-state index is 13.9. The number of fused-ring (bicyclic) bond motifs is 1. The summed E-state index contributed by atoms with van der Waals surface area (Å²) in [5, 5.41) is 3.44. The number of rotatable bonds is 4. The van der Waals surface area contributed by atoms with Crippen molar-refractivity contribution >= 4 is 16.8 Å². The lowest BCUT2D eigenvalue weighted by Gasteiger charge is -2.20. The lowest BCUT2D eigenvalue weighted by Crippen LogP contribution is -2.33. The van der Waals surface area contributed by atoms with Crippen molar-refractivity contribution in [3.05, 3.63) is 75.3 Å². The fourth-order valence-electron chi connectivity index (χ4n) is 3.23. The molecule has 2 atom stereocenters. The van der Waals surface area contributed by atoms with E-state index in [0.29, 0.717) is 16.6 Å². The Kier molecular flexibility index (Phi) is 5.03. The number of nitrogens with one attached hydrogen (secondary N) is 2. The van der Waals surface area contributed by atoms with Gasteiger partial charge in [0.15, 0.2) is 0 Å². The quantitative estimate of drug-likeness (QED) is 0.737. The monoisotopic (exact) mass is 371 g/mol. The number of hydrogen-bond donors (Lipinski definition) is 2. The van der Waals surface area contributed by atoms with Gasteiger partial charge in [-0.05, 0) is 38.5 Å². The number of H-pyrrole nitrogens is 1. The summed E-state index contributed by atoms with van der Waals surface area (Å²) < 4.78 is 27.0. The average molecular weight is 371 g/mol. The van der Waals surface area contributed by atoms with Gasteiger partial charge in [0, 0.05) is 35.0 Å².